The minimum absolute atomic E-state index is 0.00424. The lowest BCUT2D eigenvalue weighted by atomic mass is 9.95. The lowest BCUT2D eigenvalue weighted by Gasteiger charge is -2.32. The fraction of sp³-hybridized carbons (Fsp3) is 0.519. The predicted molar refractivity (Wildman–Crippen MR) is 139 cm³/mol. The number of fused-ring (bicyclic) bond motifs is 1. The van der Waals surface area contributed by atoms with Crippen LogP contribution in [0.15, 0.2) is 24.3 Å². The maximum absolute atomic E-state index is 12.7. The lowest BCUT2D eigenvalue weighted by molar-refractivity contribution is -0.127. The molecule has 0 spiro atoms. The van der Waals surface area contributed by atoms with Crippen LogP contribution in [0.4, 0.5) is 5.82 Å². The molecule has 1 aromatic carbocycles. The Morgan fingerprint density at radius 3 is 2.50 bits per heavy atom. The minimum atomic E-state index is -0.00424. The molecule has 9 heteroatoms. The van der Waals surface area contributed by atoms with Gasteiger partial charge in [0, 0.05) is 45.1 Å². The average Bonchev–Trinajstić information content (AvgIpc) is 3.46. The molecule has 0 atom stereocenters. The van der Waals surface area contributed by atoms with Gasteiger partial charge in [-0.2, -0.15) is 10.2 Å². The summed E-state index contributed by atoms with van der Waals surface area (Å²) in [6, 6.07) is 8.34. The summed E-state index contributed by atoms with van der Waals surface area (Å²) in [6.45, 7) is 9.80. The van der Waals surface area contributed by atoms with Crippen molar-refractivity contribution in [3.05, 3.63) is 41.2 Å². The van der Waals surface area contributed by atoms with Gasteiger partial charge in [-0.15, -0.1) is 5.10 Å². The van der Waals surface area contributed by atoms with Crippen LogP contribution >= 0.6 is 0 Å². The van der Waals surface area contributed by atoms with Crippen molar-refractivity contribution in [1.29, 1.82) is 0 Å². The van der Waals surface area contributed by atoms with Crippen molar-refractivity contribution in [2.75, 3.05) is 37.6 Å². The quantitative estimate of drug-likeness (QED) is 0.513. The third-order valence-corrected chi connectivity index (χ3v) is 7.50. The van der Waals surface area contributed by atoms with E-state index in [9.17, 15) is 9.59 Å². The molecule has 0 bridgehead atoms. The number of hydrogen-bond acceptors (Lipinski definition) is 6. The largest absolute Gasteiger partial charge is 0.356 e. The number of anilines is 1. The third kappa shape index (κ3) is 4.79. The molecule has 5 rings (SSSR count). The van der Waals surface area contributed by atoms with Crippen LogP contribution in [0.1, 0.15) is 49.1 Å². The van der Waals surface area contributed by atoms with Gasteiger partial charge < -0.3 is 15.1 Å². The van der Waals surface area contributed by atoms with Crippen LogP contribution in [-0.4, -0.2) is 69.4 Å². The molecular weight excluding hydrogens is 454 g/mol. The Morgan fingerprint density at radius 1 is 1.06 bits per heavy atom. The number of amides is 2. The van der Waals surface area contributed by atoms with E-state index >= 15 is 0 Å². The summed E-state index contributed by atoms with van der Waals surface area (Å²) in [5.41, 5.74) is 5.01. The van der Waals surface area contributed by atoms with Crippen molar-refractivity contribution < 1.29 is 9.59 Å². The first kappa shape index (κ1) is 24.2. The molecule has 9 nitrogen and oxygen atoms in total. The van der Waals surface area contributed by atoms with Gasteiger partial charge in [0.1, 0.15) is 5.52 Å². The van der Waals surface area contributed by atoms with E-state index in [4.69, 9.17) is 5.10 Å². The van der Waals surface area contributed by atoms with Gasteiger partial charge in [0.05, 0.1) is 22.5 Å². The molecule has 0 radical (unpaired) electrons. The van der Waals surface area contributed by atoms with Crippen molar-refractivity contribution in [3.8, 4) is 5.69 Å². The van der Waals surface area contributed by atoms with Crippen LogP contribution < -0.4 is 10.2 Å². The zero-order valence-corrected chi connectivity index (χ0v) is 21.5. The third-order valence-electron chi connectivity index (χ3n) is 7.50. The Balaban J connectivity index is 1.22. The topological polar surface area (TPSA) is 96.2 Å². The second kappa shape index (κ2) is 10.2. The number of benzene rings is 1. The van der Waals surface area contributed by atoms with E-state index in [0.717, 1.165) is 85.7 Å². The molecule has 1 N–H and O–H groups in total. The van der Waals surface area contributed by atoms with Gasteiger partial charge in [-0.1, -0.05) is 17.7 Å². The Labute approximate surface area is 211 Å². The van der Waals surface area contributed by atoms with Gasteiger partial charge in [0.25, 0.3) is 0 Å². The van der Waals surface area contributed by atoms with E-state index in [-0.39, 0.29) is 17.7 Å². The average molecular weight is 490 g/mol. The Hall–Kier alpha value is -3.49. The van der Waals surface area contributed by atoms with Crippen molar-refractivity contribution in [3.63, 3.8) is 0 Å². The van der Waals surface area contributed by atoms with Crippen molar-refractivity contribution in [1.82, 2.24) is 30.2 Å². The van der Waals surface area contributed by atoms with Crippen LogP contribution in [0.3, 0.4) is 0 Å². The summed E-state index contributed by atoms with van der Waals surface area (Å²) >= 11 is 0. The Bertz CT molecular complexity index is 1260. The first-order valence-corrected chi connectivity index (χ1v) is 13.0. The van der Waals surface area contributed by atoms with Gasteiger partial charge in [-0.25, -0.2) is 4.68 Å². The van der Waals surface area contributed by atoms with E-state index in [1.54, 1.807) is 0 Å². The van der Waals surface area contributed by atoms with E-state index in [1.165, 1.54) is 5.56 Å². The summed E-state index contributed by atoms with van der Waals surface area (Å²) in [6.07, 6.45) is 3.95. The van der Waals surface area contributed by atoms with E-state index in [2.05, 4.69) is 58.5 Å². The van der Waals surface area contributed by atoms with Crippen molar-refractivity contribution >= 4 is 28.5 Å². The molecule has 2 saturated heterocycles. The standard InChI is InChI=1S/C27H35N7O2/c1-18-7-9-22(10-8-18)34-20(3)24-19(2)29-30-26(25(24)31-34)33-16-11-21(12-17-33)27(36)28-13-5-15-32-14-4-6-23(32)35/h7-10,21H,4-6,11-17H2,1-3H3,(H,28,36). The first-order chi connectivity index (χ1) is 17.4. The van der Waals surface area contributed by atoms with Gasteiger partial charge in [-0.3, -0.25) is 9.59 Å². The van der Waals surface area contributed by atoms with Crippen molar-refractivity contribution in [2.24, 2.45) is 5.92 Å². The summed E-state index contributed by atoms with van der Waals surface area (Å²) < 4.78 is 1.97. The smallest absolute Gasteiger partial charge is 0.223 e. The molecule has 2 fully saturated rings. The number of aryl methyl sites for hydroxylation is 3. The summed E-state index contributed by atoms with van der Waals surface area (Å²) in [5, 5.41) is 18.1. The molecule has 2 amide bonds. The molecule has 0 saturated carbocycles. The molecular formula is C27H35N7O2. The van der Waals surface area contributed by atoms with Gasteiger partial charge in [0.2, 0.25) is 11.8 Å². The molecule has 190 valence electrons. The second-order valence-electron chi connectivity index (χ2n) is 10.1. The molecule has 3 aromatic rings. The normalized spacial score (nSPS) is 16.8. The number of likely N-dealkylation sites (tertiary alicyclic amines) is 1. The lowest BCUT2D eigenvalue weighted by Crippen LogP contribution is -2.41. The van der Waals surface area contributed by atoms with E-state index in [1.807, 2.05) is 16.5 Å². The van der Waals surface area contributed by atoms with Crippen LogP contribution in [0.5, 0.6) is 0 Å². The van der Waals surface area contributed by atoms with Gasteiger partial charge in [-0.05, 0) is 58.6 Å². The molecule has 2 aliphatic heterocycles. The summed E-state index contributed by atoms with van der Waals surface area (Å²) in [7, 11) is 0. The highest BCUT2D eigenvalue weighted by Gasteiger charge is 2.28. The molecule has 2 aromatic heterocycles. The molecule has 0 unspecified atom stereocenters. The van der Waals surface area contributed by atoms with Gasteiger partial charge in [0.15, 0.2) is 5.82 Å². The fourth-order valence-corrected chi connectivity index (χ4v) is 5.38. The summed E-state index contributed by atoms with van der Waals surface area (Å²) in [5.74, 6) is 1.14. The van der Waals surface area contributed by atoms with Gasteiger partial charge >= 0.3 is 0 Å². The number of hydrogen-bond donors (Lipinski definition) is 1. The second-order valence-corrected chi connectivity index (χ2v) is 10.1. The maximum Gasteiger partial charge on any atom is 0.223 e. The Kier molecular flexibility index (Phi) is 6.89. The molecule has 0 aliphatic carbocycles. The zero-order valence-electron chi connectivity index (χ0n) is 21.5. The van der Waals surface area contributed by atoms with Crippen molar-refractivity contribution in [2.45, 2.75) is 52.9 Å². The van der Waals surface area contributed by atoms with Crippen LogP contribution in [0.2, 0.25) is 0 Å². The highest BCUT2D eigenvalue weighted by atomic mass is 16.2. The monoisotopic (exact) mass is 489 g/mol. The van der Waals surface area contributed by atoms with Crippen LogP contribution in [-0.2, 0) is 9.59 Å². The number of rotatable bonds is 7. The highest BCUT2D eigenvalue weighted by Crippen LogP contribution is 2.31. The molecule has 36 heavy (non-hydrogen) atoms. The number of nitrogens with one attached hydrogen (secondary N) is 1. The number of aromatic nitrogens is 4. The number of carbonyl (C=O) groups is 2. The van der Waals surface area contributed by atoms with E-state index in [0.29, 0.717) is 13.0 Å². The number of carbonyl (C=O) groups excluding carboxylic acids is 2. The molecule has 4 heterocycles. The first-order valence-electron chi connectivity index (χ1n) is 13.0. The van der Waals surface area contributed by atoms with Crippen LogP contribution in [0, 0.1) is 26.7 Å². The number of piperidine rings is 1. The predicted octanol–water partition coefficient (Wildman–Crippen LogP) is 3.09. The summed E-state index contributed by atoms with van der Waals surface area (Å²) in [4.78, 5) is 28.6. The minimum Gasteiger partial charge on any atom is -0.356 e. The SMILES string of the molecule is Cc1ccc(-n2nc3c(N4CCC(C(=O)NCCCN5CCCC5=O)CC4)nnc(C)c3c2C)cc1. The zero-order chi connectivity index (χ0) is 25.2. The van der Waals surface area contributed by atoms with Crippen LogP contribution in [0.25, 0.3) is 16.6 Å². The fourth-order valence-electron chi connectivity index (χ4n) is 5.38. The Morgan fingerprint density at radius 2 is 1.81 bits per heavy atom. The van der Waals surface area contributed by atoms with E-state index < -0.39 is 0 Å². The molecule has 2 aliphatic rings. The maximum atomic E-state index is 12.7. The number of nitrogens with zero attached hydrogens (tertiary/aromatic N) is 6. The highest BCUT2D eigenvalue weighted by molar-refractivity contribution is 5.92.